The largest absolute Gasteiger partial charge is 0.416 e. The Hall–Kier alpha value is -5.17. The number of nitrogens with zero attached hydrogens (tertiary/aromatic N) is 4. The first-order chi connectivity index (χ1) is 17.7. The van der Waals surface area contributed by atoms with Crippen LogP contribution >= 0.6 is 0 Å². The number of carbonyl (C=O) groups excluding carboxylic acids is 1. The van der Waals surface area contributed by atoms with E-state index in [0.29, 0.717) is 23.0 Å². The van der Waals surface area contributed by atoms with Crippen molar-refractivity contribution >= 4 is 22.6 Å². The van der Waals surface area contributed by atoms with Crippen LogP contribution in [0.15, 0.2) is 114 Å². The molecule has 0 spiro atoms. The Morgan fingerprint density at radius 2 is 1.33 bits per heavy atom. The van der Waals surface area contributed by atoms with E-state index in [4.69, 9.17) is 4.42 Å². The molecule has 36 heavy (non-hydrogen) atoms. The zero-order valence-corrected chi connectivity index (χ0v) is 19.0. The fourth-order valence-corrected chi connectivity index (χ4v) is 3.86. The summed E-state index contributed by atoms with van der Waals surface area (Å²) < 4.78 is 5.80. The van der Waals surface area contributed by atoms with Gasteiger partial charge < -0.3 is 9.73 Å². The van der Waals surface area contributed by atoms with Crippen molar-refractivity contribution in [2.24, 2.45) is 0 Å². The van der Waals surface area contributed by atoms with Crippen molar-refractivity contribution in [2.75, 3.05) is 5.32 Å². The van der Waals surface area contributed by atoms with Crippen LogP contribution in [0.2, 0.25) is 0 Å². The van der Waals surface area contributed by atoms with E-state index in [1.54, 1.807) is 30.5 Å². The zero-order chi connectivity index (χ0) is 24.3. The molecule has 1 amide bonds. The highest BCUT2D eigenvalue weighted by Crippen LogP contribution is 2.25. The summed E-state index contributed by atoms with van der Waals surface area (Å²) in [6.45, 7) is 0. The number of aromatic nitrogens is 4. The average molecular weight is 470 g/mol. The number of amides is 1. The van der Waals surface area contributed by atoms with Crippen molar-refractivity contribution in [3.05, 3.63) is 115 Å². The zero-order valence-electron chi connectivity index (χ0n) is 19.0. The highest BCUT2D eigenvalue weighted by molar-refractivity contribution is 6.04. The smallest absolute Gasteiger partial charge is 0.255 e. The SMILES string of the molecule is O=C(Nc1cccc(-c2cnc3ccccc3n2)c1)c1ccc(-c2nnc(-c3ccccc3)o2)cc1. The molecule has 0 aliphatic rings. The molecule has 172 valence electrons. The first-order valence-corrected chi connectivity index (χ1v) is 11.4. The number of carbonyl (C=O) groups is 1. The van der Waals surface area contributed by atoms with E-state index >= 15 is 0 Å². The number of anilines is 1. The summed E-state index contributed by atoms with van der Waals surface area (Å²) in [4.78, 5) is 22.1. The molecule has 2 aromatic heterocycles. The molecule has 0 saturated carbocycles. The molecule has 0 aliphatic carbocycles. The van der Waals surface area contributed by atoms with E-state index in [1.165, 1.54) is 0 Å². The highest BCUT2D eigenvalue weighted by atomic mass is 16.4. The van der Waals surface area contributed by atoms with Gasteiger partial charge in [0, 0.05) is 27.9 Å². The maximum absolute atomic E-state index is 12.9. The third-order valence-electron chi connectivity index (χ3n) is 5.70. The first kappa shape index (κ1) is 21.4. The molecule has 0 unspecified atom stereocenters. The summed E-state index contributed by atoms with van der Waals surface area (Å²) in [5, 5.41) is 11.2. The third-order valence-corrected chi connectivity index (χ3v) is 5.70. The predicted molar refractivity (Wildman–Crippen MR) is 138 cm³/mol. The van der Waals surface area contributed by atoms with Gasteiger partial charge in [-0.1, -0.05) is 42.5 Å². The van der Waals surface area contributed by atoms with Crippen molar-refractivity contribution in [3.63, 3.8) is 0 Å². The van der Waals surface area contributed by atoms with Crippen LogP contribution in [0.25, 0.3) is 45.2 Å². The normalized spacial score (nSPS) is 10.9. The number of fused-ring (bicyclic) bond motifs is 1. The van der Waals surface area contributed by atoms with Crippen LogP contribution in [0.4, 0.5) is 5.69 Å². The van der Waals surface area contributed by atoms with Crippen LogP contribution in [0, 0.1) is 0 Å². The van der Waals surface area contributed by atoms with Crippen LogP contribution in [-0.2, 0) is 0 Å². The van der Waals surface area contributed by atoms with Crippen LogP contribution in [0.3, 0.4) is 0 Å². The lowest BCUT2D eigenvalue weighted by molar-refractivity contribution is 0.102. The summed E-state index contributed by atoms with van der Waals surface area (Å²) in [7, 11) is 0. The molecular weight excluding hydrogens is 450 g/mol. The summed E-state index contributed by atoms with van der Waals surface area (Å²) in [5.74, 6) is 0.618. The van der Waals surface area contributed by atoms with E-state index < -0.39 is 0 Å². The maximum Gasteiger partial charge on any atom is 0.255 e. The Kier molecular flexibility index (Phi) is 5.48. The molecule has 4 aromatic carbocycles. The monoisotopic (exact) mass is 469 g/mol. The Morgan fingerprint density at radius 3 is 2.11 bits per heavy atom. The van der Waals surface area contributed by atoms with Crippen LogP contribution in [-0.4, -0.2) is 26.1 Å². The fraction of sp³-hybridized carbons (Fsp3) is 0. The van der Waals surface area contributed by atoms with Crippen LogP contribution in [0.1, 0.15) is 10.4 Å². The van der Waals surface area contributed by atoms with Gasteiger partial charge in [-0.3, -0.25) is 9.78 Å². The molecule has 0 radical (unpaired) electrons. The molecule has 0 atom stereocenters. The number of nitrogens with one attached hydrogen (secondary N) is 1. The van der Waals surface area contributed by atoms with E-state index in [1.807, 2.05) is 78.9 Å². The fourth-order valence-electron chi connectivity index (χ4n) is 3.86. The molecule has 0 fully saturated rings. The molecule has 0 saturated heterocycles. The Balaban J connectivity index is 1.18. The van der Waals surface area contributed by atoms with Crippen molar-refractivity contribution in [1.29, 1.82) is 0 Å². The number of benzene rings is 4. The van der Waals surface area contributed by atoms with Gasteiger partial charge >= 0.3 is 0 Å². The van der Waals surface area contributed by atoms with Gasteiger partial charge in [-0.25, -0.2) is 4.98 Å². The standard InChI is InChI=1S/C29H19N5O2/c35-27(19-13-15-21(16-14-19)29-34-33-28(36-29)20-7-2-1-3-8-20)31-23-10-6-9-22(17-23)26-18-30-24-11-4-5-12-25(24)32-26/h1-18H,(H,31,35). The van der Waals surface area contributed by atoms with Gasteiger partial charge in [0.15, 0.2) is 0 Å². The van der Waals surface area contributed by atoms with E-state index in [9.17, 15) is 4.79 Å². The quantitative estimate of drug-likeness (QED) is 0.320. The Morgan fingerprint density at radius 1 is 0.667 bits per heavy atom. The second kappa shape index (κ2) is 9.23. The molecule has 7 nitrogen and oxygen atoms in total. The summed E-state index contributed by atoms with van der Waals surface area (Å²) >= 11 is 0. The van der Waals surface area contributed by atoms with E-state index in [0.717, 1.165) is 33.4 Å². The molecular formula is C29H19N5O2. The van der Waals surface area contributed by atoms with Gasteiger partial charge in [-0.2, -0.15) is 0 Å². The van der Waals surface area contributed by atoms with Crippen LogP contribution < -0.4 is 5.32 Å². The first-order valence-electron chi connectivity index (χ1n) is 11.4. The molecule has 7 heteroatoms. The Bertz CT molecular complexity index is 1680. The van der Waals surface area contributed by atoms with Crippen molar-refractivity contribution in [3.8, 4) is 34.2 Å². The summed E-state index contributed by atoms with van der Waals surface area (Å²) in [6.07, 6.45) is 1.74. The predicted octanol–water partition coefficient (Wildman–Crippen LogP) is 6.27. The second-order valence-electron chi connectivity index (χ2n) is 8.13. The van der Waals surface area contributed by atoms with Gasteiger partial charge in [0.05, 0.1) is 22.9 Å². The number of hydrogen-bond donors (Lipinski definition) is 1. The van der Waals surface area contributed by atoms with E-state index in [-0.39, 0.29) is 5.91 Å². The molecule has 6 rings (SSSR count). The van der Waals surface area contributed by atoms with Crippen molar-refractivity contribution < 1.29 is 9.21 Å². The number of hydrogen-bond acceptors (Lipinski definition) is 6. The van der Waals surface area contributed by atoms with E-state index in [2.05, 4.69) is 25.5 Å². The lowest BCUT2D eigenvalue weighted by Gasteiger charge is -2.08. The highest BCUT2D eigenvalue weighted by Gasteiger charge is 2.12. The van der Waals surface area contributed by atoms with Gasteiger partial charge in [0.25, 0.3) is 5.91 Å². The summed E-state index contributed by atoms with van der Waals surface area (Å²) in [5.41, 5.74) is 6.03. The molecule has 2 heterocycles. The molecule has 0 bridgehead atoms. The van der Waals surface area contributed by atoms with Crippen molar-refractivity contribution in [2.45, 2.75) is 0 Å². The van der Waals surface area contributed by atoms with Crippen LogP contribution in [0.5, 0.6) is 0 Å². The number of para-hydroxylation sites is 2. The topological polar surface area (TPSA) is 93.8 Å². The van der Waals surface area contributed by atoms with Gasteiger partial charge in [-0.15, -0.1) is 10.2 Å². The van der Waals surface area contributed by atoms with Crippen molar-refractivity contribution in [1.82, 2.24) is 20.2 Å². The molecule has 0 aliphatic heterocycles. The average Bonchev–Trinajstić information content (AvgIpc) is 3.44. The van der Waals surface area contributed by atoms with Gasteiger partial charge in [0.1, 0.15) is 0 Å². The van der Waals surface area contributed by atoms with Gasteiger partial charge in [0.2, 0.25) is 11.8 Å². The van der Waals surface area contributed by atoms with Gasteiger partial charge in [-0.05, 0) is 60.7 Å². The second-order valence-corrected chi connectivity index (χ2v) is 8.13. The minimum atomic E-state index is -0.223. The third kappa shape index (κ3) is 4.33. The minimum Gasteiger partial charge on any atom is -0.416 e. The summed E-state index contributed by atoms with van der Waals surface area (Å²) in [6, 6.07) is 31.9. The molecule has 6 aromatic rings. The Labute approximate surface area is 206 Å². The molecule has 1 N–H and O–H groups in total. The minimum absolute atomic E-state index is 0.223. The lowest BCUT2D eigenvalue weighted by atomic mass is 10.1. The lowest BCUT2D eigenvalue weighted by Crippen LogP contribution is -2.11. The number of rotatable bonds is 5. The maximum atomic E-state index is 12.9.